The van der Waals surface area contributed by atoms with Crippen molar-refractivity contribution in [3.8, 4) is 0 Å². The first-order valence-corrected chi connectivity index (χ1v) is 10.6. The second-order valence-electron chi connectivity index (χ2n) is 5.99. The molecule has 0 aliphatic carbocycles. The molecule has 2 aromatic carbocycles. The van der Waals surface area contributed by atoms with E-state index >= 15 is 0 Å². The van der Waals surface area contributed by atoms with Crippen LogP contribution < -0.4 is 10.0 Å². The highest BCUT2D eigenvalue weighted by Gasteiger charge is 2.15. The van der Waals surface area contributed by atoms with Gasteiger partial charge < -0.3 is 5.32 Å². The maximum Gasteiger partial charge on any atom is 0.251 e. The van der Waals surface area contributed by atoms with Crippen LogP contribution in [0, 0.1) is 3.57 Å². The Morgan fingerprint density at radius 1 is 1.04 bits per heavy atom. The first-order valence-electron chi connectivity index (χ1n) is 7.87. The third kappa shape index (κ3) is 6.41. The van der Waals surface area contributed by atoms with Gasteiger partial charge in [-0.3, -0.25) is 4.79 Å². The van der Waals surface area contributed by atoms with E-state index in [-0.39, 0.29) is 24.2 Å². The van der Waals surface area contributed by atoms with Gasteiger partial charge in [0.05, 0.1) is 5.75 Å². The fourth-order valence-electron chi connectivity index (χ4n) is 2.36. The number of hydrogen-bond donors (Lipinski definition) is 2. The predicted octanol–water partition coefficient (Wildman–Crippen LogP) is 3.05. The Balaban J connectivity index is 2.08. The SMILES string of the molecule is CC(C)NS(=O)(=O)Cc1ccccc1CNC(=O)c1ccc(I)cc1. The third-order valence-corrected chi connectivity index (χ3v) is 5.67. The molecule has 0 spiro atoms. The summed E-state index contributed by atoms with van der Waals surface area (Å²) in [5.74, 6) is -0.296. The molecule has 0 unspecified atom stereocenters. The normalized spacial score (nSPS) is 11.5. The molecule has 0 saturated carbocycles. The maximum atomic E-state index is 12.2. The van der Waals surface area contributed by atoms with E-state index in [1.165, 1.54) is 0 Å². The third-order valence-electron chi connectivity index (χ3n) is 3.42. The standard InChI is InChI=1S/C18H21IN2O3S/c1-13(2)21-25(23,24)12-16-6-4-3-5-15(16)11-20-18(22)14-7-9-17(19)10-8-14/h3-10,13,21H,11-12H2,1-2H3,(H,20,22). The van der Waals surface area contributed by atoms with Crippen LogP contribution in [0.5, 0.6) is 0 Å². The molecule has 5 nitrogen and oxygen atoms in total. The summed E-state index contributed by atoms with van der Waals surface area (Å²) in [6.45, 7) is 3.84. The fraction of sp³-hybridized carbons (Fsp3) is 0.278. The number of nitrogens with one attached hydrogen (secondary N) is 2. The molecule has 0 aliphatic rings. The second-order valence-corrected chi connectivity index (χ2v) is 8.99. The van der Waals surface area contributed by atoms with Crippen LogP contribution in [-0.4, -0.2) is 20.4 Å². The molecule has 7 heteroatoms. The molecule has 2 rings (SSSR count). The van der Waals surface area contributed by atoms with Crippen molar-refractivity contribution < 1.29 is 13.2 Å². The first-order chi connectivity index (χ1) is 11.8. The first kappa shape index (κ1) is 19.9. The van der Waals surface area contributed by atoms with Gasteiger partial charge in [-0.05, 0) is 71.8 Å². The lowest BCUT2D eigenvalue weighted by Crippen LogP contribution is -2.31. The number of carbonyl (C=O) groups excluding carboxylic acids is 1. The highest BCUT2D eigenvalue weighted by atomic mass is 127. The molecule has 0 radical (unpaired) electrons. The van der Waals surface area contributed by atoms with E-state index in [2.05, 4.69) is 32.6 Å². The Bertz CT molecular complexity index is 834. The van der Waals surface area contributed by atoms with Crippen molar-refractivity contribution in [2.24, 2.45) is 0 Å². The van der Waals surface area contributed by atoms with Crippen molar-refractivity contribution in [1.82, 2.24) is 10.0 Å². The number of benzene rings is 2. The lowest BCUT2D eigenvalue weighted by atomic mass is 10.1. The Kier molecular flexibility index (Phi) is 6.97. The topological polar surface area (TPSA) is 75.3 Å². The van der Waals surface area contributed by atoms with Crippen molar-refractivity contribution in [2.45, 2.75) is 32.2 Å². The molecule has 0 fully saturated rings. The number of rotatable bonds is 7. The van der Waals surface area contributed by atoms with Crippen molar-refractivity contribution in [2.75, 3.05) is 0 Å². The molecule has 0 saturated heterocycles. The van der Waals surface area contributed by atoms with Gasteiger partial charge >= 0.3 is 0 Å². The summed E-state index contributed by atoms with van der Waals surface area (Å²) >= 11 is 2.18. The molecule has 2 N–H and O–H groups in total. The zero-order valence-corrected chi connectivity index (χ0v) is 17.1. The second kappa shape index (κ2) is 8.77. The van der Waals surface area contributed by atoms with Crippen molar-refractivity contribution in [3.05, 3.63) is 68.8 Å². The van der Waals surface area contributed by atoms with Crippen LogP contribution >= 0.6 is 22.6 Å². The summed E-state index contributed by atoms with van der Waals surface area (Å²) in [5.41, 5.74) is 2.04. The Morgan fingerprint density at radius 2 is 1.64 bits per heavy atom. The van der Waals surface area contributed by atoms with Gasteiger partial charge in [0, 0.05) is 21.7 Å². The summed E-state index contributed by atoms with van der Waals surface area (Å²) < 4.78 is 27.9. The van der Waals surface area contributed by atoms with Gasteiger partial charge in [0.15, 0.2) is 0 Å². The molecular formula is C18H21IN2O3S. The molecule has 25 heavy (non-hydrogen) atoms. The van der Waals surface area contributed by atoms with E-state index in [4.69, 9.17) is 0 Å². The average Bonchev–Trinajstić information content (AvgIpc) is 2.52. The van der Waals surface area contributed by atoms with Crippen LogP contribution in [-0.2, 0) is 22.3 Å². The molecule has 0 heterocycles. The number of sulfonamides is 1. The van der Waals surface area contributed by atoms with E-state index in [0.717, 1.165) is 9.13 Å². The molecule has 0 aliphatic heterocycles. The average molecular weight is 472 g/mol. The van der Waals surface area contributed by atoms with Gasteiger partial charge in [-0.15, -0.1) is 0 Å². The Labute approximate surface area is 162 Å². The predicted molar refractivity (Wildman–Crippen MR) is 108 cm³/mol. The minimum absolute atomic E-state index is 0.110. The summed E-state index contributed by atoms with van der Waals surface area (Å²) in [5, 5.41) is 2.85. The summed E-state index contributed by atoms with van der Waals surface area (Å²) in [6, 6.07) is 14.3. The van der Waals surface area contributed by atoms with Crippen molar-refractivity contribution in [3.63, 3.8) is 0 Å². The zero-order valence-electron chi connectivity index (χ0n) is 14.1. The van der Waals surface area contributed by atoms with E-state index in [1.54, 1.807) is 38.1 Å². The van der Waals surface area contributed by atoms with E-state index in [9.17, 15) is 13.2 Å². The van der Waals surface area contributed by atoms with Crippen molar-refractivity contribution in [1.29, 1.82) is 0 Å². The summed E-state index contributed by atoms with van der Waals surface area (Å²) in [4.78, 5) is 12.2. The molecule has 0 bridgehead atoms. The van der Waals surface area contributed by atoms with Crippen LogP contribution in [0.4, 0.5) is 0 Å². The van der Waals surface area contributed by atoms with Crippen LogP contribution in [0.1, 0.15) is 35.3 Å². The minimum atomic E-state index is -3.42. The lowest BCUT2D eigenvalue weighted by molar-refractivity contribution is 0.0951. The maximum absolute atomic E-state index is 12.2. The molecule has 134 valence electrons. The van der Waals surface area contributed by atoms with Crippen LogP contribution in [0.3, 0.4) is 0 Å². The van der Waals surface area contributed by atoms with E-state index in [1.807, 2.05) is 24.3 Å². The largest absolute Gasteiger partial charge is 0.348 e. The smallest absolute Gasteiger partial charge is 0.251 e. The lowest BCUT2D eigenvalue weighted by Gasteiger charge is -2.13. The van der Waals surface area contributed by atoms with Gasteiger partial charge in [-0.2, -0.15) is 0 Å². The quantitative estimate of drug-likeness (QED) is 0.609. The summed E-state index contributed by atoms with van der Waals surface area (Å²) in [7, 11) is -3.42. The van der Waals surface area contributed by atoms with Gasteiger partial charge in [-0.1, -0.05) is 24.3 Å². The van der Waals surface area contributed by atoms with Gasteiger partial charge in [0.1, 0.15) is 0 Å². The number of amides is 1. The van der Waals surface area contributed by atoms with Gasteiger partial charge in [0.2, 0.25) is 10.0 Å². The Hall–Kier alpha value is -1.45. The summed E-state index contributed by atoms with van der Waals surface area (Å²) in [6.07, 6.45) is 0. The van der Waals surface area contributed by atoms with Gasteiger partial charge in [0.25, 0.3) is 5.91 Å². The molecule has 2 aromatic rings. The highest BCUT2D eigenvalue weighted by molar-refractivity contribution is 14.1. The van der Waals surface area contributed by atoms with Crippen LogP contribution in [0.15, 0.2) is 48.5 Å². The van der Waals surface area contributed by atoms with E-state index < -0.39 is 10.0 Å². The molecule has 0 aromatic heterocycles. The zero-order chi connectivity index (χ0) is 18.4. The minimum Gasteiger partial charge on any atom is -0.348 e. The fourth-order valence-corrected chi connectivity index (χ4v) is 4.21. The van der Waals surface area contributed by atoms with Crippen LogP contribution in [0.25, 0.3) is 0 Å². The Morgan fingerprint density at radius 3 is 2.24 bits per heavy atom. The van der Waals surface area contributed by atoms with E-state index in [0.29, 0.717) is 11.1 Å². The number of carbonyl (C=O) groups is 1. The monoisotopic (exact) mass is 472 g/mol. The van der Waals surface area contributed by atoms with Crippen LogP contribution in [0.2, 0.25) is 0 Å². The molecular weight excluding hydrogens is 451 g/mol. The number of halogens is 1. The highest BCUT2D eigenvalue weighted by Crippen LogP contribution is 2.13. The van der Waals surface area contributed by atoms with Crippen molar-refractivity contribution >= 4 is 38.5 Å². The molecule has 0 atom stereocenters. The molecule has 1 amide bonds. The number of hydrogen-bond acceptors (Lipinski definition) is 3. The van der Waals surface area contributed by atoms with Gasteiger partial charge in [-0.25, -0.2) is 13.1 Å².